The average Bonchev–Trinajstić information content (AvgIpc) is 2.88. The largest absolute Gasteiger partial charge is 0.398 e. The Labute approximate surface area is 220 Å². The number of nitrogens with two attached hydrogens (primary N) is 1. The van der Waals surface area contributed by atoms with Gasteiger partial charge in [-0.05, 0) is 72.3 Å². The highest BCUT2D eigenvalue weighted by Gasteiger charge is 2.28. The van der Waals surface area contributed by atoms with Crippen molar-refractivity contribution in [2.45, 2.75) is 11.4 Å². The Hall–Kier alpha value is -3.46. The summed E-state index contributed by atoms with van der Waals surface area (Å²) in [6, 6.07) is 24.1. The number of nitrogens with zero attached hydrogens (tertiary/aromatic N) is 2. The quantitative estimate of drug-likeness (QED) is 0.171. The third-order valence-electron chi connectivity index (χ3n) is 5.42. The molecular weight excluding hydrogens is 517 g/mol. The maximum atomic E-state index is 13.8. The van der Waals surface area contributed by atoms with Crippen molar-refractivity contribution in [2.75, 3.05) is 33.8 Å². The van der Waals surface area contributed by atoms with Crippen LogP contribution in [0.1, 0.15) is 5.56 Å². The van der Waals surface area contributed by atoms with Crippen molar-refractivity contribution in [3.63, 3.8) is 0 Å². The summed E-state index contributed by atoms with van der Waals surface area (Å²) in [5.74, 6) is 0.433. The predicted molar refractivity (Wildman–Crippen MR) is 148 cm³/mol. The second-order valence-electron chi connectivity index (χ2n) is 7.90. The second-order valence-corrected chi connectivity index (χ2v) is 10.6. The maximum absolute atomic E-state index is 13.8. The summed E-state index contributed by atoms with van der Waals surface area (Å²) in [7, 11) is -3.97. The molecule has 36 heavy (non-hydrogen) atoms. The summed E-state index contributed by atoms with van der Waals surface area (Å²) >= 11 is 11.9. The van der Waals surface area contributed by atoms with Crippen LogP contribution in [0.25, 0.3) is 0 Å². The molecule has 0 aliphatic rings. The molecule has 0 bridgehead atoms. The first-order valence-corrected chi connectivity index (χ1v) is 13.3. The summed E-state index contributed by atoms with van der Waals surface area (Å²) in [5.41, 5.74) is 8.67. The number of halogens is 2. The third-order valence-corrected chi connectivity index (χ3v) is 7.69. The van der Waals surface area contributed by atoms with Gasteiger partial charge < -0.3 is 16.4 Å². The molecule has 1 heterocycles. The number of benzene rings is 3. The van der Waals surface area contributed by atoms with E-state index in [2.05, 4.69) is 15.6 Å². The van der Waals surface area contributed by atoms with Gasteiger partial charge in [-0.25, -0.2) is 13.4 Å². The van der Waals surface area contributed by atoms with Crippen LogP contribution in [-0.2, 0) is 16.6 Å². The number of nitrogens with one attached hydrogen (secondary N) is 2. The third kappa shape index (κ3) is 6.20. The Balaban J connectivity index is 1.62. The van der Waals surface area contributed by atoms with Gasteiger partial charge in [0.15, 0.2) is 5.82 Å². The van der Waals surface area contributed by atoms with Crippen LogP contribution in [0.15, 0.2) is 96.0 Å². The van der Waals surface area contributed by atoms with Gasteiger partial charge in [0.1, 0.15) is 0 Å². The van der Waals surface area contributed by atoms with Crippen molar-refractivity contribution in [3.05, 3.63) is 107 Å². The summed E-state index contributed by atoms with van der Waals surface area (Å²) < 4.78 is 28.9. The average molecular weight is 542 g/mol. The minimum absolute atomic E-state index is 0.0288. The van der Waals surface area contributed by atoms with E-state index in [4.69, 9.17) is 28.9 Å². The number of hydrogen-bond acceptors (Lipinski definition) is 6. The smallest absolute Gasteiger partial charge is 0.264 e. The Morgan fingerprint density at radius 3 is 2.14 bits per heavy atom. The van der Waals surface area contributed by atoms with Crippen LogP contribution in [0.2, 0.25) is 10.0 Å². The van der Waals surface area contributed by atoms with Gasteiger partial charge in [-0.15, -0.1) is 0 Å². The minimum atomic E-state index is -3.97. The van der Waals surface area contributed by atoms with Gasteiger partial charge in [0.25, 0.3) is 10.0 Å². The minimum Gasteiger partial charge on any atom is -0.398 e. The molecule has 0 aliphatic heterocycles. The van der Waals surface area contributed by atoms with Crippen molar-refractivity contribution < 1.29 is 8.42 Å². The number of rotatable bonds is 10. The molecule has 4 aromatic rings. The molecule has 0 atom stereocenters. The van der Waals surface area contributed by atoms with Crippen molar-refractivity contribution in [1.82, 2.24) is 4.98 Å². The van der Waals surface area contributed by atoms with E-state index >= 15 is 0 Å². The Morgan fingerprint density at radius 1 is 0.806 bits per heavy atom. The van der Waals surface area contributed by atoms with E-state index in [-0.39, 0.29) is 11.4 Å². The molecule has 0 fully saturated rings. The monoisotopic (exact) mass is 541 g/mol. The van der Waals surface area contributed by atoms with Crippen molar-refractivity contribution in [3.8, 4) is 0 Å². The lowest BCUT2D eigenvalue weighted by atomic mass is 10.2. The molecule has 0 unspecified atom stereocenters. The van der Waals surface area contributed by atoms with Crippen molar-refractivity contribution >= 4 is 56.1 Å². The molecule has 0 aliphatic carbocycles. The lowest BCUT2D eigenvalue weighted by molar-refractivity contribution is 0.590. The molecule has 7 nitrogen and oxygen atoms in total. The van der Waals surface area contributed by atoms with Gasteiger partial charge in [-0.3, -0.25) is 4.31 Å². The molecule has 0 spiro atoms. The van der Waals surface area contributed by atoms with E-state index in [0.717, 1.165) is 5.69 Å². The molecule has 4 rings (SSSR count). The highest BCUT2D eigenvalue weighted by atomic mass is 35.5. The van der Waals surface area contributed by atoms with E-state index in [1.807, 2.05) is 36.4 Å². The zero-order chi connectivity index (χ0) is 25.5. The zero-order valence-corrected chi connectivity index (χ0v) is 21.6. The Kier molecular flexibility index (Phi) is 8.20. The van der Waals surface area contributed by atoms with Gasteiger partial charge in [-0.1, -0.05) is 41.4 Å². The maximum Gasteiger partial charge on any atom is 0.264 e. The fourth-order valence-corrected chi connectivity index (χ4v) is 5.26. The number of para-hydroxylation sites is 1. The van der Waals surface area contributed by atoms with Crippen LogP contribution in [-0.4, -0.2) is 26.5 Å². The van der Waals surface area contributed by atoms with Crippen molar-refractivity contribution in [1.29, 1.82) is 0 Å². The molecule has 0 saturated carbocycles. The number of nitrogen functional groups attached to an aromatic ring is 1. The van der Waals surface area contributed by atoms with Crippen LogP contribution in [0.5, 0.6) is 0 Å². The highest BCUT2D eigenvalue weighted by molar-refractivity contribution is 7.92. The molecule has 10 heteroatoms. The van der Waals surface area contributed by atoms with Crippen LogP contribution in [0.4, 0.5) is 22.9 Å². The van der Waals surface area contributed by atoms with Gasteiger partial charge in [0.2, 0.25) is 0 Å². The zero-order valence-electron chi connectivity index (χ0n) is 19.2. The standard InChI is InChI=1S/C26H25Cl2N5O2S/c27-20-7-11-22(12-8-20)30-16-17-32-26-25(6-3-15-31-26)33(18-19-4-1-2-5-24(19)29)36(34,35)23-13-9-21(28)10-14-23/h1-15,30H,16-18,29H2,(H,31,32). The summed E-state index contributed by atoms with van der Waals surface area (Å²) in [6.07, 6.45) is 1.61. The number of anilines is 4. The second kappa shape index (κ2) is 11.5. The lowest BCUT2D eigenvalue weighted by Gasteiger charge is -2.27. The Bertz CT molecular complexity index is 1420. The molecule has 0 saturated heterocycles. The van der Waals surface area contributed by atoms with Crippen LogP contribution < -0.4 is 20.7 Å². The number of pyridine rings is 1. The van der Waals surface area contributed by atoms with E-state index in [1.54, 1.807) is 42.6 Å². The summed E-state index contributed by atoms with van der Waals surface area (Å²) in [6.45, 7) is 1.10. The van der Waals surface area contributed by atoms with E-state index < -0.39 is 10.0 Å². The first kappa shape index (κ1) is 25.6. The Morgan fingerprint density at radius 2 is 1.44 bits per heavy atom. The summed E-state index contributed by atoms with van der Waals surface area (Å²) in [4.78, 5) is 4.54. The molecular formula is C26H25Cl2N5O2S. The fraction of sp³-hybridized carbons (Fsp3) is 0.115. The SMILES string of the molecule is Nc1ccccc1CN(c1cccnc1NCCNc1ccc(Cl)cc1)S(=O)(=O)c1ccc(Cl)cc1. The van der Waals surface area contributed by atoms with Crippen LogP contribution in [0.3, 0.4) is 0 Å². The fourth-order valence-electron chi connectivity index (χ4n) is 3.56. The van der Waals surface area contributed by atoms with Gasteiger partial charge in [0, 0.05) is 40.7 Å². The van der Waals surface area contributed by atoms with E-state index in [9.17, 15) is 8.42 Å². The predicted octanol–water partition coefficient (Wildman–Crippen LogP) is 5.89. The first-order chi connectivity index (χ1) is 17.3. The number of sulfonamides is 1. The topological polar surface area (TPSA) is 100 Å². The van der Waals surface area contributed by atoms with Gasteiger partial charge in [-0.2, -0.15) is 0 Å². The van der Waals surface area contributed by atoms with E-state index in [0.29, 0.717) is 45.9 Å². The number of aromatic nitrogens is 1. The number of hydrogen-bond donors (Lipinski definition) is 3. The highest BCUT2D eigenvalue weighted by Crippen LogP contribution is 2.32. The van der Waals surface area contributed by atoms with Crippen molar-refractivity contribution in [2.24, 2.45) is 0 Å². The first-order valence-electron chi connectivity index (χ1n) is 11.1. The summed E-state index contributed by atoms with van der Waals surface area (Å²) in [5, 5.41) is 7.65. The van der Waals surface area contributed by atoms with Crippen LogP contribution >= 0.6 is 23.2 Å². The molecule has 3 aromatic carbocycles. The molecule has 1 aromatic heterocycles. The molecule has 0 amide bonds. The molecule has 0 radical (unpaired) electrons. The normalized spacial score (nSPS) is 11.2. The van der Waals surface area contributed by atoms with Gasteiger partial charge in [0.05, 0.1) is 17.1 Å². The lowest BCUT2D eigenvalue weighted by Crippen LogP contribution is -2.32. The molecule has 186 valence electrons. The van der Waals surface area contributed by atoms with E-state index in [1.165, 1.54) is 16.4 Å². The molecule has 4 N–H and O–H groups in total. The van der Waals surface area contributed by atoms with Crippen LogP contribution in [0, 0.1) is 0 Å². The van der Waals surface area contributed by atoms with Gasteiger partial charge >= 0.3 is 0 Å².